The van der Waals surface area contributed by atoms with E-state index in [0.29, 0.717) is 5.88 Å². The standard InChI is InChI=1S/C12H14N4O/c1-3-11(16-8-2-6-15-16)12(14-5-1)17-10-4-7-13-9-10/h1-3,5-6,8,10,13H,4,7,9H2. The Morgan fingerprint density at radius 3 is 3.12 bits per heavy atom. The first-order chi connectivity index (χ1) is 8.43. The average molecular weight is 230 g/mol. The van der Waals surface area contributed by atoms with Gasteiger partial charge in [-0.1, -0.05) is 0 Å². The number of hydrogen-bond donors (Lipinski definition) is 1. The van der Waals surface area contributed by atoms with Crippen molar-refractivity contribution in [3.05, 3.63) is 36.8 Å². The van der Waals surface area contributed by atoms with Crippen molar-refractivity contribution in [3.8, 4) is 11.6 Å². The zero-order valence-corrected chi connectivity index (χ0v) is 9.41. The van der Waals surface area contributed by atoms with Gasteiger partial charge in [-0.2, -0.15) is 5.10 Å². The maximum Gasteiger partial charge on any atom is 0.240 e. The molecule has 17 heavy (non-hydrogen) atoms. The molecule has 5 nitrogen and oxygen atoms in total. The number of pyridine rings is 1. The highest BCUT2D eigenvalue weighted by molar-refractivity contribution is 5.40. The SMILES string of the molecule is c1cnc(OC2CCNC2)c(-n2cccn2)c1. The molecule has 2 aromatic rings. The summed E-state index contributed by atoms with van der Waals surface area (Å²) in [5.41, 5.74) is 0.879. The summed E-state index contributed by atoms with van der Waals surface area (Å²) in [6, 6.07) is 5.72. The summed E-state index contributed by atoms with van der Waals surface area (Å²) in [6.07, 6.45) is 6.60. The maximum absolute atomic E-state index is 5.90. The number of rotatable bonds is 3. The third kappa shape index (κ3) is 2.14. The Labute approximate surface area is 99.4 Å². The highest BCUT2D eigenvalue weighted by Gasteiger charge is 2.18. The van der Waals surface area contributed by atoms with Crippen molar-refractivity contribution in [2.24, 2.45) is 0 Å². The number of hydrogen-bond acceptors (Lipinski definition) is 4. The largest absolute Gasteiger partial charge is 0.471 e. The minimum atomic E-state index is 0.208. The van der Waals surface area contributed by atoms with Gasteiger partial charge in [0.1, 0.15) is 11.8 Å². The summed E-state index contributed by atoms with van der Waals surface area (Å²) in [6.45, 7) is 1.89. The van der Waals surface area contributed by atoms with E-state index >= 15 is 0 Å². The van der Waals surface area contributed by atoms with Gasteiger partial charge in [0.25, 0.3) is 0 Å². The van der Waals surface area contributed by atoms with Crippen LogP contribution < -0.4 is 10.1 Å². The molecule has 0 aromatic carbocycles. The van der Waals surface area contributed by atoms with E-state index in [9.17, 15) is 0 Å². The van der Waals surface area contributed by atoms with Gasteiger partial charge in [0, 0.05) is 25.1 Å². The molecule has 0 radical (unpaired) electrons. The van der Waals surface area contributed by atoms with Gasteiger partial charge in [0.2, 0.25) is 5.88 Å². The average Bonchev–Trinajstić information content (AvgIpc) is 3.01. The van der Waals surface area contributed by atoms with Crippen molar-refractivity contribution in [2.45, 2.75) is 12.5 Å². The molecule has 1 atom stereocenters. The second kappa shape index (κ2) is 4.55. The summed E-state index contributed by atoms with van der Waals surface area (Å²) in [7, 11) is 0. The Kier molecular flexibility index (Phi) is 2.75. The van der Waals surface area contributed by atoms with Crippen LogP contribution in [0.15, 0.2) is 36.8 Å². The molecule has 1 unspecified atom stereocenters. The maximum atomic E-state index is 5.90. The van der Waals surface area contributed by atoms with Gasteiger partial charge >= 0.3 is 0 Å². The number of aromatic nitrogens is 3. The fourth-order valence-corrected chi connectivity index (χ4v) is 1.95. The second-order valence-electron chi connectivity index (χ2n) is 4.01. The molecule has 2 aromatic heterocycles. The van der Waals surface area contributed by atoms with E-state index in [-0.39, 0.29) is 6.10 Å². The Hall–Kier alpha value is -1.88. The number of nitrogens with zero attached hydrogens (tertiary/aromatic N) is 3. The molecule has 0 bridgehead atoms. The van der Waals surface area contributed by atoms with Crippen LogP contribution in [0.4, 0.5) is 0 Å². The quantitative estimate of drug-likeness (QED) is 0.855. The molecule has 5 heteroatoms. The van der Waals surface area contributed by atoms with Crippen LogP contribution in [0.1, 0.15) is 6.42 Å². The fourth-order valence-electron chi connectivity index (χ4n) is 1.95. The first kappa shape index (κ1) is 10.3. The summed E-state index contributed by atoms with van der Waals surface area (Å²) >= 11 is 0. The van der Waals surface area contributed by atoms with Gasteiger partial charge in [-0.15, -0.1) is 0 Å². The number of ether oxygens (including phenoxy) is 1. The van der Waals surface area contributed by atoms with Gasteiger partial charge in [0.05, 0.1) is 0 Å². The Morgan fingerprint density at radius 2 is 2.35 bits per heavy atom. The van der Waals surface area contributed by atoms with Crippen molar-refractivity contribution in [3.63, 3.8) is 0 Å². The van der Waals surface area contributed by atoms with E-state index in [0.717, 1.165) is 25.2 Å². The molecule has 0 amide bonds. The first-order valence-electron chi connectivity index (χ1n) is 5.76. The Balaban J connectivity index is 1.88. The van der Waals surface area contributed by atoms with E-state index in [4.69, 9.17) is 4.74 Å². The van der Waals surface area contributed by atoms with E-state index in [1.165, 1.54) is 0 Å². The molecular weight excluding hydrogens is 216 g/mol. The van der Waals surface area contributed by atoms with E-state index in [1.54, 1.807) is 17.1 Å². The lowest BCUT2D eigenvalue weighted by molar-refractivity contribution is 0.213. The van der Waals surface area contributed by atoms with Crippen LogP contribution in [0.5, 0.6) is 5.88 Å². The van der Waals surface area contributed by atoms with Gasteiger partial charge in [-0.05, 0) is 31.2 Å². The highest BCUT2D eigenvalue weighted by atomic mass is 16.5. The lowest BCUT2D eigenvalue weighted by Crippen LogP contribution is -2.21. The van der Waals surface area contributed by atoms with Crippen LogP contribution >= 0.6 is 0 Å². The lowest BCUT2D eigenvalue weighted by Gasteiger charge is -2.14. The van der Waals surface area contributed by atoms with E-state index in [2.05, 4.69) is 15.4 Å². The topological polar surface area (TPSA) is 52.0 Å². The van der Waals surface area contributed by atoms with Crippen LogP contribution in [0.2, 0.25) is 0 Å². The Morgan fingerprint density at radius 1 is 1.35 bits per heavy atom. The molecular formula is C12H14N4O. The van der Waals surface area contributed by atoms with Crippen LogP contribution in [0, 0.1) is 0 Å². The molecule has 0 saturated carbocycles. The summed E-state index contributed by atoms with van der Waals surface area (Å²) in [5, 5.41) is 7.47. The third-order valence-electron chi connectivity index (χ3n) is 2.80. The molecule has 1 aliphatic heterocycles. The first-order valence-corrected chi connectivity index (χ1v) is 5.76. The van der Waals surface area contributed by atoms with Crippen molar-refractivity contribution >= 4 is 0 Å². The molecule has 0 spiro atoms. The zero-order chi connectivity index (χ0) is 11.5. The summed E-state index contributed by atoms with van der Waals surface area (Å²) < 4.78 is 7.66. The van der Waals surface area contributed by atoms with E-state index < -0.39 is 0 Å². The molecule has 1 N–H and O–H groups in total. The van der Waals surface area contributed by atoms with E-state index in [1.807, 2.05) is 24.4 Å². The monoisotopic (exact) mass is 230 g/mol. The van der Waals surface area contributed by atoms with Crippen LogP contribution in [-0.2, 0) is 0 Å². The lowest BCUT2D eigenvalue weighted by atomic mass is 10.3. The zero-order valence-electron chi connectivity index (χ0n) is 9.41. The molecule has 3 heterocycles. The minimum absolute atomic E-state index is 0.208. The van der Waals surface area contributed by atoms with Crippen molar-refractivity contribution in [1.29, 1.82) is 0 Å². The van der Waals surface area contributed by atoms with Crippen molar-refractivity contribution in [2.75, 3.05) is 13.1 Å². The summed E-state index contributed by atoms with van der Waals surface area (Å²) in [5.74, 6) is 0.643. The predicted octanol–water partition coefficient (Wildman–Crippen LogP) is 1.01. The molecule has 1 aliphatic rings. The number of nitrogens with one attached hydrogen (secondary N) is 1. The molecule has 88 valence electrons. The van der Waals surface area contributed by atoms with Crippen LogP contribution in [0.25, 0.3) is 5.69 Å². The predicted molar refractivity (Wildman–Crippen MR) is 63.3 cm³/mol. The molecule has 3 rings (SSSR count). The third-order valence-corrected chi connectivity index (χ3v) is 2.80. The van der Waals surface area contributed by atoms with Gasteiger partial charge in [-0.25, -0.2) is 9.67 Å². The van der Waals surface area contributed by atoms with Gasteiger partial charge in [0.15, 0.2) is 0 Å². The highest BCUT2D eigenvalue weighted by Crippen LogP contribution is 2.20. The van der Waals surface area contributed by atoms with Gasteiger partial charge < -0.3 is 10.1 Å². The van der Waals surface area contributed by atoms with Crippen LogP contribution in [-0.4, -0.2) is 34.0 Å². The molecule has 0 aliphatic carbocycles. The smallest absolute Gasteiger partial charge is 0.240 e. The van der Waals surface area contributed by atoms with Crippen molar-refractivity contribution < 1.29 is 4.74 Å². The van der Waals surface area contributed by atoms with Crippen molar-refractivity contribution in [1.82, 2.24) is 20.1 Å². The van der Waals surface area contributed by atoms with Crippen LogP contribution in [0.3, 0.4) is 0 Å². The fraction of sp³-hybridized carbons (Fsp3) is 0.333. The van der Waals surface area contributed by atoms with Gasteiger partial charge in [-0.3, -0.25) is 0 Å². The normalized spacial score (nSPS) is 19.4. The minimum Gasteiger partial charge on any atom is -0.471 e. The second-order valence-corrected chi connectivity index (χ2v) is 4.01. The molecule has 1 saturated heterocycles. The molecule has 1 fully saturated rings. The summed E-state index contributed by atoms with van der Waals surface area (Å²) in [4.78, 5) is 4.29. The Bertz CT molecular complexity index is 477.